The number of nitrogens with one attached hydrogen (secondary N) is 1. The predicted octanol–water partition coefficient (Wildman–Crippen LogP) is 1.29. The van der Waals surface area contributed by atoms with Crippen molar-refractivity contribution >= 4 is 5.91 Å². The van der Waals surface area contributed by atoms with Crippen LogP contribution >= 0.6 is 0 Å². The van der Waals surface area contributed by atoms with Gasteiger partial charge in [-0.15, -0.1) is 0 Å². The normalized spacial score (nSPS) is 25.5. The molecule has 2 heterocycles. The average molecular weight is 299 g/mol. The fraction of sp³-hybridized carbons (Fsp3) is 0.611. The van der Waals surface area contributed by atoms with E-state index < -0.39 is 0 Å². The van der Waals surface area contributed by atoms with Crippen LogP contribution in [0.2, 0.25) is 0 Å². The van der Waals surface area contributed by atoms with Crippen LogP contribution in [0, 0.1) is 0 Å². The first-order valence-corrected chi connectivity index (χ1v) is 8.67. The Morgan fingerprint density at radius 3 is 2.68 bits per heavy atom. The molecule has 1 amide bonds. The van der Waals surface area contributed by atoms with Gasteiger partial charge in [-0.2, -0.15) is 0 Å². The average Bonchev–Trinajstić information content (AvgIpc) is 3.25. The number of carbonyl (C=O) groups is 1. The zero-order valence-electron chi connectivity index (χ0n) is 13.2. The molecule has 3 aliphatic rings. The van der Waals surface area contributed by atoms with Gasteiger partial charge in [-0.25, -0.2) is 0 Å². The van der Waals surface area contributed by atoms with Crippen molar-refractivity contribution in [1.29, 1.82) is 0 Å². The van der Waals surface area contributed by atoms with Gasteiger partial charge in [0, 0.05) is 44.3 Å². The summed E-state index contributed by atoms with van der Waals surface area (Å²) in [6.45, 7) is 6.02. The van der Waals surface area contributed by atoms with E-state index in [9.17, 15) is 4.79 Å². The monoisotopic (exact) mass is 299 g/mol. The van der Waals surface area contributed by atoms with E-state index in [0.29, 0.717) is 6.04 Å². The molecule has 1 aliphatic carbocycles. The molecule has 0 spiro atoms. The van der Waals surface area contributed by atoms with Crippen molar-refractivity contribution in [2.75, 3.05) is 39.3 Å². The van der Waals surface area contributed by atoms with Crippen LogP contribution in [0.15, 0.2) is 18.2 Å². The zero-order chi connectivity index (χ0) is 14.9. The quantitative estimate of drug-likeness (QED) is 0.894. The number of hydrogen-bond acceptors (Lipinski definition) is 3. The van der Waals surface area contributed by atoms with Crippen molar-refractivity contribution in [1.82, 2.24) is 15.1 Å². The minimum Gasteiger partial charge on any atom is -0.336 e. The molecule has 4 rings (SSSR count). The smallest absolute Gasteiger partial charge is 0.253 e. The number of fused-ring (bicyclic) bond motifs is 1. The van der Waals surface area contributed by atoms with Crippen molar-refractivity contribution in [3.63, 3.8) is 0 Å². The third-order valence-electron chi connectivity index (χ3n) is 5.50. The van der Waals surface area contributed by atoms with Gasteiger partial charge < -0.3 is 10.2 Å². The first kappa shape index (κ1) is 14.2. The molecule has 0 saturated carbocycles. The van der Waals surface area contributed by atoms with Crippen LogP contribution in [-0.2, 0) is 12.8 Å². The Morgan fingerprint density at radius 1 is 1.09 bits per heavy atom. The minimum atomic E-state index is 0.221. The summed E-state index contributed by atoms with van der Waals surface area (Å²) >= 11 is 0. The Balaban J connectivity index is 1.39. The van der Waals surface area contributed by atoms with Gasteiger partial charge in [0.1, 0.15) is 0 Å². The third kappa shape index (κ3) is 2.66. The van der Waals surface area contributed by atoms with E-state index in [0.717, 1.165) is 51.3 Å². The highest BCUT2D eigenvalue weighted by molar-refractivity contribution is 5.94. The molecule has 4 heteroatoms. The minimum absolute atomic E-state index is 0.221. The van der Waals surface area contributed by atoms with E-state index in [1.54, 1.807) is 0 Å². The molecule has 1 atom stereocenters. The summed E-state index contributed by atoms with van der Waals surface area (Å²) in [5.74, 6) is 0.221. The van der Waals surface area contributed by atoms with Crippen molar-refractivity contribution < 1.29 is 4.79 Å². The van der Waals surface area contributed by atoms with Crippen molar-refractivity contribution in [2.45, 2.75) is 31.7 Å². The fourth-order valence-electron chi connectivity index (χ4n) is 4.13. The standard InChI is InChI=1S/C18H25N3O/c22-18(16-5-4-14-2-1-3-15(14)12-16)21-10-8-20(9-11-21)17-6-7-19-13-17/h4-5,12,17,19H,1-3,6-11,13H2. The molecule has 1 aromatic carbocycles. The molecule has 0 aromatic heterocycles. The molecular formula is C18H25N3O. The highest BCUT2D eigenvalue weighted by Gasteiger charge is 2.28. The second-order valence-electron chi connectivity index (χ2n) is 6.81. The molecule has 4 nitrogen and oxygen atoms in total. The van der Waals surface area contributed by atoms with Crippen molar-refractivity contribution in [3.8, 4) is 0 Å². The van der Waals surface area contributed by atoms with Crippen molar-refractivity contribution in [2.24, 2.45) is 0 Å². The van der Waals surface area contributed by atoms with Gasteiger partial charge in [-0.3, -0.25) is 9.69 Å². The maximum Gasteiger partial charge on any atom is 0.253 e. The Labute approximate surface area is 132 Å². The van der Waals surface area contributed by atoms with E-state index in [4.69, 9.17) is 0 Å². The maximum absolute atomic E-state index is 12.7. The number of hydrogen-bond donors (Lipinski definition) is 1. The first-order chi connectivity index (χ1) is 10.8. The second kappa shape index (κ2) is 6.01. The van der Waals surface area contributed by atoms with Gasteiger partial charge in [0.05, 0.1) is 0 Å². The number of carbonyl (C=O) groups excluding carboxylic acids is 1. The van der Waals surface area contributed by atoms with E-state index >= 15 is 0 Å². The van der Waals surface area contributed by atoms with E-state index in [1.165, 1.54) is 30.4 Å². The number of benzene rings is 1. The van der Waals surface area contributed by atoms with Crippen LogP contribution in [-0.4, -0.2) is 61.0 Å². The van der Waals surface area contributed by atoms with Gasteiger partial charge >= 0.3 is 0 Å². The van der Waals surface area contributed by atoms with Gasteiger partial charge in [0.2, 0.25) is 0 Å². The number of piperazine rings is 1. The summed E-state index contributed by atoms with van der Waals surface area (Å²) in [4.78, 5) is 17.3. The predicted molar refractivity (Wildman–Crippen MR) is 87.2 cm³/mol. The molecule has 1 N–H and O–H groups in total. The lowest BCUT2D eigenvalue weighted by Gasteiger charge is -2.37. The summed E-state index contributed by atoms with van der Waals surface area (Å²) in [7, 11) is 0. The molecule has 0 bridgehead atoms. The Bertz CT molecular complexity index is 557. The van der Waals surface area contributed by atoms with Crippen LogP contribution in [0.25, 0.3) is 0 Å². The number of rotatable bonds is 2. The Kier molecular flexibility index (Phi) is 3.89. The molecule has 1 aromatic rings. The molecule has 0 radical (unpaired) electrons. The summed E-state index contributed by atoms with van der Waals surface area (Å²) < 4.78 is 0. The molecule has 2 aliphatic heterocycles. The van der Waals surface area contributed by atoms with Crippen molar-refractivity contribution in [3.05, 3.63) is 34.9 Å². The Morgan fingerprint density at radius 2 is 1.91 bits per heavy atom. The molecular weight excluding hydrogens is 274 g/mol. The Hall–Kier alpha value is -1.39. The number of aryl methyl sites for hydroxylation is 2. The maximum atomic E-state index is 12.7. The molecule has 2 saturated heterocycles. The lowest BCUT2D eigenvalue weighted by atomic mass is 10.1. The summed E-state index contributed by atoms with van der Waals surface area (Å²) in [5.41, 5.74) is 3.72. The fourth-order valence-corrected chi connectivity index (χ4v) is 4.13. The summed E-state index contributed by atoms with van der Waals surface area (Å²) in [5, 5.41) is 3.43. The number of amides is 1. The highest BCUT2D eigenvalue weighted by atomic mass is 16.2. The van der Waals surface area contributed by atoms with Crippen LogP contribution in [0.3, 0.4) is 0 Å². The van der Waals surface area contributed by atoms with Gasteiger partial charge in [-0.05, 0) is 55.5 Å². The van der Waals surface area contributed by atoms with Crippen LogP contribution in [0.5, 0.6) is 0 Å². The van der Waals surface area contributed by atoms with Crippen LogP contribution in [0.4, 0.5) is 0 Å². The lowest BCUT2D eigenvalue weighted by molar-refractivity contribution is 0.0584. The van der Waals surface area contributed by atoms with Gasteiger partial charge in [0.25, 0.3) is 5.91 Å². The van der Waals surface area contributed by atoms with E-state index in [2.05, 4.69) is 22.3 Å². The third-order valence-corrected chi connectivity index (χ3v) is 5.50. The molecule has 22 heavy (non-hydrogen) atoms. The molecule has 1 unspecified atom stereocenters. The van der Waals surface area contributed by atoms with Crippen LogP contribution in [0.1, 0.15) is 34.3 Å². The van der Waals surface area contributed by atoms with Gasteiger partial charge in [-0.1, -0.05) is 6.07 Å². The highest BCUT2D eigenvalue weighted by Crippen LogP contribution is 2.23. The lowest BCUT2D eigenvalue weighted by Crippen LogP contribution is -2.52. The second-order valence-corrected chi connectivity index (χ2v) is 6.81. The molecule has 2 fully saturated rings. The van der Waals surface area contributed by atoms with Gasteiger partial charge in [0.15, 0.2) is 0 Å². The van der Waals surface area contributed by atoms with E-state index in [1.807, 2.05) is 11.0 Å². The number of nitrogens with zero attached hydrogens (tertiary/aromatic N) is 2. The first-order valence-electron chi connectivity index (χ1n) is 8.67. The molecule has 118 valence electrons. The SMILES string of the molecule is O=C(c1ccc2c(c1)CCC2)N1CCN(C2CCNC2)CC1. The summed E-state index contributed by atoms with van der Waals surface area (Å²) in [6.07, 6.45) is 4.80. The van der Waals surface area contributed by atoms with Crippen LogP contribution < -0.4 is 5.32 Å². The largest absolute Gasteiger partial charge is 0.336 e. The topological polar surface area (TPSA) is 35.6 Å². The van der Waals surface area contributed by atoms with E-state index in [-0.39, 0.29) is 5.91 Å². The zero-order valence-corrected chi connectivity index (χ0v) is 13.2. The summed E-state index contributed by atoms with van der Waals surface area (Å²) in [6, 6.07) is 7.01.